The van der Waals surface area contributed by atoms with Crippen molar-refractivity contribution < 1.29 is 13.3 Å². The fraction of sp³-hybridized carbons (Fsp3) is 0.286. The van der Waals surface area contributed by atoms with Crippen LogP contribution in [0.15, 0.2) is 41.3 Å². The third-order valence-corrected chi connectivity index (χ3v) is 6.18. The molecule has 0 saturated carbocycles. The van der Waals surface area contributed by atoms with Crippen LogP contribution in [0.2, 0.25) is 0 Å². The van der Waals surface area contributed by atoms with Crippen LogP contribution >= 0.6 is 0 Å². The molecule has 0 radical (unpaired) electrons. The Bertz CT molecular complexity index is 1110. The first-order valence-electron chi connectivity index (χ1n) is 8.00. The van der Waals surface area contributed by atoms with Crippen LogP contribution in [0.4, 0.5) is 11.5 Å². The van der Waals surface area contributed by atoms with E-state index in [9.17, 15) is 18.5 Å². The standard InChI is InChI=1S/C14H14N8O4S/c23-22(24)11-2-1-3-12(10-11)27(25,26)20-8-6-19(7-9-20)14-5-4-13-15-17-18-21(13)16-14/h1-5,10H,6-9H2. The molecule has 0 N–H and O–H groups in total. The molecule has 2 aromatic heterocycles. The Labute approximate surface area is 153 Å². The first-order chi connectivity index (χ1) is 12.9. The zero-order chi connectivity index (χ0) is 19.0. The first-order valence-corrected chi connectivity index (χ1v) is 9.44. The van der Waals surface area contributed by atoms with Crippen molar-refractivity contribution in [2.45, 2.75) is 4.90 Å². The van der Waals surface area contributed by atoms with Crippen LogP contribution in [-0.4, -0.2) is 69.1 Å². The van der Waals surface area contributed by atoms with Gasteiger partial charge in [-0.1, -0.05) is 6.07 Å². The van der Waals surface area contributed by atoms with Crippen LogP contribution in [-0.2, 0) is 10.0 Å². The lowest BCUT2D eigenvalue weighted by atomic mass is 10.3. The van der Waals surface area contributed by atoms with Gasteiger partial charge in [0.25, 0.3) is 5.69 Å². The Hall–Kier alpha value is -3.19. The number of anilines is 1. The number of rotatable bonds is 4. The summed E-state index contributed by atoms with van der Waals surface area (Å²) < 4.78 is 28.2. The van der Waals surface area contributed by atoms with Crippen molar-refractivity contribution in [1.29, 1.82) is 0 Å². The van der Waals surface area contributed by atoms with Gasteiger partial charge in [-0.3, -0.25) is 10.1 Å². The van der Waals surface area contributed by atoms with Gasteiger partial charge in [-0.15, -0.1) is 14.8 Å². The summed E-state index contributed by atoms with van der Waals surface area (Å²) in [5, 5.41) is 26.3. The van der Waals surface area contributed by atoms with Crippen molar-refractivity contribution in [3.8, 4) is 0 Å². The first kappa shape index (κ1) is 17.2. The van der Waals surface area contributed by atoms with Crippen molar-refractivity contribution in [2.24, 2.45) is 0 Å². The third-order valence-electron chi connectivity index (χ3n) is 4.28. The Morgan fingerprint density at radius 1 is 1.07 bits per heavy atom. The van der Waals surface area contributed by atoms with Crippen LogP contribution in [0.1, 0.15) is 0 Å². The van der Waals surface area contributed by atoms with Crippen LogP contribution in [0.5, 0.6) is 0 Å². The number of hydrogen-bond acceptors (Lipinski definition) is 9. The summed E-state index contributed by atoms with van der Waals surface area (Å²) in [7, 11) is -3.81. The monoisotopic (exact) mass is 390 g/mol. The second-order valence-electron chi connectivity index (χ2n) is 5.86. The molecule has 12 nitrogen and oxygen atoms in total. The summed E-state index contributed by atoms with van der Waals surface area (Å²) in [4.78, 5) is 12.1. The van der Waals surface area contributed by atoms with Gasteiger partial charge in [-0.05, 0) is 28.6 Å². The second kappa shape index (κ2) is 6.51. The van der Waals surface area contributed by atoms with Crippen molar-refractivity contribution in [1.82, 2.24) is 29.6 Å². The highest BCUT2D eigenvalue weighted by molar-refractivity contribution is 7.89. The minimum atomic E-state index is -3.81. The molecule has 3 aromatic rings. The van der Waals surface area contributed by atoms with E-state index in [0.717, 1.165) is 6.07 Å². The fourth-order valence-corrected chi connectivity index (χ4v) is 4.34. The molecule has 4 rings (SSSR count). The number of piperazine rings is 1. The number of nitro benzene ring substituents is 1. The summed E-state index contributed by atoms with van der Waals surface area (Å²) in [5.74, 6) is 0.641. The van der Waals surface area contributed by atoms with E-state index in [4.69, 9.17) is 0 Å². The quantitative estimate of drug-likeness (QED) is 0.442. The van der Waals surface area contributed by atoms with E-state index >= 15 is 0 Å². The highest BCUT2D eigenvalue weighted by Crippen LogP contribution is 2.23. The van der Waals surface area contributed by atoms with Gasteiger partial charge < -0.3 is 4.90 Å². The Morgan fingerprint density at radius 3 is 2.59 bits per heavy atom. The molecule has 0 aliphatic carbocycles. The summed E-state index contributed by atoms with van der Waals surface area (Å²) in [6.07, 6.45) is 0. The highest BCUT2D eigenvalue weighted by Gasteiger charge is 2.30. The Morgan fingerprint density at radius 2 is 1.85 bits per heavy atom. The Balaban J connectivity index is 1.51. The van der Waals surface area contributed by atoms with Gasteiger partial charge in [-0.2, -0.15) is 4.31 Å². The van der Waals surface area contributed by atoms with E-state index in [1.54, 1.807) is 12.1 Å². The SMILES string of the molecule is O=[N+]([O-])c1cccc(S(=O)(=O)N2CCN(c3ccc4nnnn4n3)CC2)c1. The predicted molar refractivity (Wildman–Crippen MR) is 92.6 cm³/mol. The topological polar surface area (TPSA) is 140 Å². The summed E-state index contributed by atoms with van der Waals surface area (Å²) in [6.45, 7) is 1.32. The van der Waals surface area contributed by atoms with Crippen LogP contribution in [0.25, 0.3) is 5.65 Å². The number of nitrogens with zero attached hydrogens (tertiary/aromatic N) is 8. The number of fused-ring (bicyclic) bond motifs is 1. The third kappa shape index (κ3) is 3.17. The predicted octanol–water partition coefficient (Wildman–Crippen LogP) is -0.0616. The van der Waals surface area contributed by atoms with Gasteiger partial charge in [0, 0.05) is 38.3 Å². The lowest BCUT2D eigenvalue weighted by Gasteiger charge is -2.34. The van der Waals surface area contributed by atoms with Gasteiger partial charge >= 0.3 is 0 Å². The molecule has 1 aliphatic heterocycles. The number of benzene rings is 1. The summed E-state index contributed by atoms with van der Waals surface area (Å²) >= 11 is 0. The maximum atomic E-state index is 12.8. The molecule has 13 heteroatoms. The molecule has 0 unspecified atom stereocenters. The van der Waals surface area contributed by atoms with Gasteiger partial charge in [0.2, 0.25) is 10.0 Å². The van der Waals surface area contributed by atoms with Crippen molar-refractivity contribution in [3.05, 3.63) is 46.5 Å². The highest BCUT2D eigenvalue weighted by atomic mass is 32.2. The smallest absolute Gasteiger partial charge is 0.270 e. The number of aromatic nitrogens is 5. The average Bonchev–Trinajstić information content (AvgIpc) is 3.16. The largest absolute Gasteiger partial charge is 0.352 e. The van der Waals surface area contributed by atoms with E-state index in [-0.39, 0.29) is 23.7 Å². The minimum Gasteiger partial charge on any atom is -0.352 e. The molecule has 140 valence electrons. The molecule has 0 spiro atoms. The molecular weight excluding hydrogens is 376 g/mol. The molecule has 0 amide bonds. The van der Waals surface area contributed by atoms with Crippen LogP contribution in [0, 0.1) is 10.1 Å². The normalized spacial score (nSPS) is 15.9. The number of sulfonamides is 1. The zero-order valence-corrected chi connectivity index (χ0v) is 14.7. The lowest BCUT2D eigenvalue weighted by molar-refractivity contribution is -0.385. The van der Waals surface area contributed by atoms with Gasteiger partial charge in [0.1, 0.15) is 0 Å². The van der Waals surface area contributed by atoms with E-state index in [1.165, 1.54) is 27.1 Å². The van der Waals surface area contributed by atoms with E-state index in [1.807, 2.05) is 4.90 Å². The van der Waals surface area contributed by atoms with Crippen molar-refractivity contribution >= 4 is 27.2 Å². The van der Waals surface area contributed by atoms with E-state index in [0.29, 0.717) is 24.6 Å². The molecule has 1 fully saturated rings. The number of hydrogen-bond donors (Lipinski definition) is 0. The zero-order valence-electron chi connectivity index (χ0n) is 13.9. The molecule has 27 heavy (non-hydrogen) atoms. The number of tetrazole rings is 1. The molecule has 1 saturated heterocycles. The van der Waals surface area contributed by atoms with Crippen molar-refractivity contribution in [3.63, 3.8) is 0 Å². The van der Waals surface area contributed by atoms with Gasteiger partial charge in [-0.25, -0.2) is 8.42 Å². The van der Waals surface area contributed by atoms with Gasteiger partial charge in [0.15, 0.2) is 11.5 Å². The molecule has 1 aliphatic rings. The molecule has 3 heterocycles. The average molecular weight is 390 g/mol. The lowest BCUT2D eigenvalue weighted by Crippen LogP contribution is -2.49. The second-order valence-corrected chi connectivity index (χ2v) is 7.80. The van der Waals surface area contributed by atoms with Crippen LogP contribution < -0.4 is 4.90 Å². The maximum absolute atomic E-state index is 12.8. The molecule has 0 bridgehead atoms. The van der Waals surface area contributed by atoms with E-state index in [2.05, 4.69) is 20.6 Å². The summed E-state index contributed by atoms with van der Waals surface area (Å²) in [5.41, 5.74) is 0.263. The maximum Gasteiger partial charge on any atom is 0.270 e. The van der Waals surface area contributed by atoms with Crippen LogP contribution in [0.3, 0.4) is 0 Å². The summed E-state index contributed by atoms with van der Waals surface area (Å²) in [6, 6.07) is 8.58. The molecular formula is C14H14N8O4S. The molecule has 1 aromatic carbocycles. The number of non-ortho nitro benzene ring substituents is 1. The van der Waals surface area contributed by atoms with Gasteiger partial charge in [0.05, 0.1) is 9.82 Å². The molecule has 0 atom stereocenters. The van der Waals surface area contributed by atoms with Crippen molar-refractivity contribution in [2.75, 3.05) is 31.1 Å². The Kier molecular flexibility index (Phi) is 4.16. The fourth-order valence-electron chi connectivity index (χ4n) is 2.87. The minimum absolute atomic E-state index is 0.0848. The number of nitro groups is 1. The van der Waals surface area contributed by atoms with E-state index < -0.39 is 14.9 Å².